The average Bonchev–Trinajstić information content (AvgIpc) is 2.55. The van der Waals surface area contributed by atoms with Crippen molar-refractivity contribution in [3.8, 4) is 5.75 Å². The van der Waals surface area contributed by atoms with Gasteiger partial charge in [-0.3, -0.25) is 9.59 Å². The van der Waals surface area contributed by atoms with Crippen LogP contribution in [0.4, 0.5) is 4.39 Å². The van der Waals surface area contributed by atoms with E-state index in [1.54, 1.807) is 6.07 Å². The Labute approximate surface area is 143 Å². The minimum absolute atomic E-state index is 0.124. The van der Waals surface area contributed by atoms with Gasteiger partial charge in [-0.15, -0.1) is 0 Å². The number of carbonyl (C=O) groups is 3. The van der Waals surface area contributed by atoms with E-state index in [1.165, 1.54) is 49.4 Å². The highest BCUT2D eigenvalue weighted by Crippen LogP contribution is 2.14. The molecule has 1 atom stereocenters. The van der Waals surface area contributed by atoms with E-state index in [4.69, 9.17) is 4.74 Å². The van der Waals surface area contributed by atoms with Gasteiger partial charge in [0.2, 0.25) is 0 Å². The first-order chi connectivity index (χ1) is 11.9. The van der Waals surface area contributed by atoms with Crippen LogP contribution in [0.1, 0.15) is 22.8 Å². The second kappa shape index (κ2) is 8.05. The van der Waals surface area contributed by atoms with Gasteiger partial charge in [0.15, 0.2) is 0 Å². The molecule has 0 aromatic heterocycles. The SMILES string of the molecule is CC(=O)Oc1cccc(C(=O)N[C@H](Cc2ccccc2F)C(=O)O)c1. The minimum Gasteiger partial charge on any atom is -0.480 e. The molecule has 0 bridgehead atoms. The topological polar surface area (TPSA) is 92.7 Å². The summed E-state index contributed by atoms with van der Waals surface area (Å²) in [7, 11) is 0. The summed E-state index contributed by atoms with van der Waals surface area (Å²) >= 11 is 0. The lowest BCUT2D eigenvalue weighted by Crippen LogP contribution is -2.42. The Bertz CT molecular complexity index is 806. The summed E-state index contributed by atoms with van der Waals surface area (Å²) in [6.07, 6.45) is -0.197. The number of rotatable bonds is 6. The van der Waals surface area contributed by atoms with E-state index in [1.807, 2.05) is 0 Å². The first-order valence-electron chi connectivity index (χ1n) is 7.42. The third-order valence-electron chi connectivity index (χ3n) is 3.34. The van der Waals surface area contributed by atoms with Crippen LogP contribution in [0.15, 0.2) is 48.5 Å². The Morgan fingerprint density at radius 3 is 2.52 bits per heavy atom. The number of hydrogen-bond acceptors (Lipinski definition) is 4. The van der Waals surface area contributed by atoms with Gasteiger partial charge in [0.05, 0.1) is 0 Å². The number of benzene rings is 2. The third kappa shape index (κ3) is 5.13. The number of amides is 1. The Morgan fingerprint density at radius 1 is 1.16 bits per heavy atom. The summed E-state index contributed by atoms with van der Waals surface area (Å²) in [6, 6.07) is 10.2. The number of esters is 1. The lowest BCUT2D eigenvalue weighted by molar-refractivity contribution is -0.139. The fourth-order valence-corrected chi connectivity index (χ4v) is 2.19. The van der Waals surface area contributed by atoms with Crippen molar-refractivity contribution in [3.63, 3.8) is 0 Å². The van der Waals surface area contributed by atoms with Crippen molar-refractivity contribution in [3.05, 3.63) is 65.5 Å². The zero-order chi connectivity index (χ0) is 18.4. The van der Waals surface area contributed by atoms with E-state index in [9.17, 15) is 23.9 Å². The number of halogens is 1. The first kappa shape index (κ1) is 18.1. The minimum atomic E-state index is -1.30. The molecule has 130 valence electrons. The van der Waals surface area contributed by atoms with Gasteiger partial charge in [-0.2, -0.15) is 0 Å². The standard InChI is InChI=1S/C18H16FNO5/c1-11(21)25-14-7-4-6-13(9-14)17(22)20-16(18(23)24)10-12-5-2-3-8-15(12)19/h2-9,16H,10H2,1H3,(H,20,22)(H,23,24)/t16-/m1/s1. The Hall–Kier alpha value is -3.22. The van der Waals surface area contributed by atoms with Gasteiger partial charge in [0.1, 0.15) is 17.6 Å². The molecule has 0 aliphatic rings. The molecule has 0 spiro atoms. The van der Waals surface area contributed by atoms with Crippen LogP contribution >= 0.6 is 0 Å². The maximum Gasteiger partial charge on any atom is 0.326 e. The third-order valence-corrected chi connectivity index (χ3v) is 3.34. The van der Waals surface area contributed by atoms with Gasteiger partial charge in [-0.05, 0) is 29.8 Å². The molecule has 0 saturated heterocycles. The van der Waals surface area contributed by atoms with Crippen LogP contribution in [-0.2, 0) is 16.0 Å². The molecule has 0 radical (unpaired) electrons. The molecule has 7 heteroatoms. The van der Waals surface area contributed by atoms with Crippen molar-refractivity contribution in [2.75, 3.05) is 0 Å². The largest absolute Gasteiger partial charge is 0.480 e. The van der Waals surface area contributed by atoms with Crippen molar-refractivity contribution in [2.45, 2.75) is 19.4 Å². The second-order valence-corrected chi connectivity index (χ2v) is 5.28. The molecule has 6 nitrogen and oxygen atoms in total. The lowest BCUT2D eigenvalue weighted by Gasteiger charge is -2.15. The smallest absolute Gasteiger partial charge is 0.326 e. The Balaban J connectivity index is 2.14. The van der Waals surface area contributed by atoms with Gasteiger partial charge in [-0.1, -0.05) is 24.3 Å². The van der Waals surface area contributed by atoms with E-state index in [0.717, 1.165) is 0 Å². The number of ether oxygens (including phenoxy) is 1. The molecule has 0 fully saturated rings. The van der Waals surface area contributed by atoms with Crippen molar-refractivity contribution in [2.24, 2.45) is 0 Å². The molecule has 2 N–H and O–H groups in total. The van der Waals surface area contributed by atoms with Crippen LogP contribution in [0.3, 0.4) is 0 Å². The summed E-state index contributed by atoms with van der Waals surface area (Å²) in [4.78, 5) is 34.6. The number of aliphatic carboxylic acids is 1. The monoisotopic (exact) mass is 345 g/mol. The first-order valence-corrected chi connectivity index (χ1v) is 7.42. The molecule has 2 rings (SSSR count). The molecule has 2 aromatic carbocycles. The fourth-order valence-electron chi connectivity index (χ4n) is 2.19. The predicted molar refractivity (Wildman–Crippen MR) is 86.7 cm³/mol. The summed E-state index contributed by atoms with van der Waals surface area (Å²) in [5.41, 5.74) is 0.308. The fraction of sp³-hybridized carbons (Fsp3) is 0.167. The van der Waals surface area contributed by atoms with E-state index < -0.39 is 29.7 Å². The molecule has 0 saturated carbocycles. The van der Waals surface area contributed by atoms with Crippen LogP contribution in [0, 0.1) is 5.82 Å². The van der Waals surface area contributed by atoms with Crippen molar-refractivity contribution in [1.29, 1.82) is 0 Å². The molecule has 0 aliphatic heterocycles. The molecule has 1 amide bonds. The highest BCUT2D eigenvalue weighted by Gasteiger charge is 2.22. The molecule has 0 unspecified atom stereocenters. The van der Waals surface area contributed by atoms with E-state index in [-0.39, 0.29) is 23.3 Å². The van der Waals surface area contributed by atoms with Crippen molar-refractivity contribution < 1.29 is 28.6 Å². The Kier molecular flexibility index (Phi) is 5.84. The normalized spacial score (nSPS) is 11.4. The number of hydrogen-bond donors (Lipinski definition) is 2. The Morgan fingerprint density at radius 2 is 1.88 bits per heavy atom. The highest BCUT2D eigenvalue weighted by molar-refractivity contribution is 5.97. The van der Waals surface area contributed by atoms with Gasteiger partial charge >= 0.3 is 11.9 Å². The molecular formula is C18H16FNO5. The molecule has 0 heterocycles. The predicted octanol–water partition coefficient (Wildman–Crippen LogP) is 2.18. The van der Waals surface area contributed by atoms with E-state index in [0.29, 0.717) is 0 Å². The summed E-state index contributed by atoms with van der Waals surface area (Å²) in [6.45, 7) is 1.22. The lowest BCUT2D eigenvalue weighted by atomic mass is 10.0. The van der Waals surface area contributed by atoms with E-state index >= 15 is 0 Å². The van der Waals surface area contributed by atoms with Gasteiger partial charge in [0, 0.05) is 18.9 Å². The van der Waals surface area contributed by atoms with Gasteiger partial charge < -0.3 is 15.2 Å². The number of carbonyl (C=O) groups excluding carboxylic acids is 2. The van der Waals surface area contributed by atoms with Crippen molar-refractivity contribution in [1.82, 2.24) is 5.32 Å². The van der Waals surface area contributed by atoms with Gasteiger partial charge in [0.25, 0.3) is 5.91 Å². The summed E-state index contributed by atoms with van der Waals surface area (Å²) in [5, 5.41) is 11.6. The van der Waals surface area contributed by atoms with Crippen LogP contribution in [0.2, 0.25) is 0 Å². The zero-order valence-electron chi connectivity index (χ0n) is 13.4. The number of nitrogens with one attached hydrogen (secondary N) is 1. The van der Waals surface area contributed by atoms with Crippen LogP contribution in [0.25, 0.3) is 0 Å². The quantitative estimate of drug-likeness (QED) is 0.618. The zero-order valence-corrected chi connectivity index (χ0v) is 13.4. The molecule has 2 aromatic rings. The second-order valence-electron chi connectivity index (χ2n) is 5.28. The van der Waals surface area contributed by atoms with Crippen LogP contribution in [-0.4, -0.2) is 29.0 Å². The maximum absolute atomic E-state index is 13.7. The number of carboxylic acid groups (broad SMARTS) is 1. The van der Waals surface area contributed by atoms with E-state index in [2.05, 4.69) is 5.32 Å². The summed E-state index contributed by atoms with van der Waals surface area (Å²) < 4.78 is 18.6. The molecular weight excluding hydrogens is 329 g/mol. The highest BCUT2D eigenvalue weighted by atomic mass is 19.1. The number of carboxylic acids is 1. The van der Waals surface area contributed by atoms with Crippen LogP contribution in [0.5, 0.6) is 5.75 Å². The average molecular weight is 345 g/mol. The molecule has 25 heavy (non-hydrogen) atoms. The van der Waals surface area contributed by atoms with Gasteiger partial charge in [-0.25, -0.2) is 9.18 Å². The summed E-state index contributed by atoms with van der Waals surface area (Å²) in [5.74, 6) is -2.87. The maximum atomic E-state index is 13.7. The molecule has 0 aliphatic carbocycles. The van der Waals surface area contributed by atoms with Crippen molar-refractivity contribution >= 4 is 17.8 Å². The van der Waals surface area contributed by atoms with Crippen LogP contribution < -0.4 is 10.1 Å².